The number of hydrogen-bond donors (Lipinski definition) is 1. The molecule has 0 fully saturated rings. The van der Waals surface area contributed by atoms with Gasteiger partial charge in [-0.1, -0.05) is 0 Å². The van der Waals surface area contributed by atoms with Gasteiger partial charge in [0.25, 0.3) is 0 Å². The van der Waals surface area contributed by atoms with Crippen molar-refractivity contribution in [2.75, 3.05) is 11.9 Å². The molecule has 0 atom stereocenters. The van der Waals surface area contributed by atoms with Crippen LogP contribution in [0, 0.1) is 6.92 Å². The Labute approximate surface area is 95.1 Å². The van der Waals surface area contributed by atoms with Crippen LogP contribution in [0.1, 0.15) is 12.5 Å². The molecular weight excluding hydrogens is 202 g/mol. The van der Waals surface area contributed by atoms with Gasteiger partial charge in [0.2, 0.25) is 5.95 Å². The first-order chi connectivity index (χ1) is 7.79. The minimum absolute atomic E-state index is 0.831. The summed E-state index contributed by atoms with van der Waals surface area (Å²) >= 11 is 0. The van der Waals surface area contributed by atoms with E-state index in [0.717, 1.165) is 25.6 Å². The molecule has 0 saturated heterocycles. The highest BCUT2D eigenvalue weighted by molar-refractivity contribution is 5.25. The molecule has 0 bridgehead atoms. The highest BCUT2D eigenvalue weighted by Gasteiger charge is 1.99. The molecule has 0 aromatic carbocycles. The predicted octanol–water partition coefficient (Wildman–Crippen LogP) is 1.52. The lowest BCUT2D eigenvalue weighted by Gasteiger charge is -2.07. The predicted molar refractivity (Wildman–Crippen MR) is 63.4 cm³/mol. The zero-order valence-corrected chi connectivity index (χ0v) is 9.72. The second kappa shape index (κ2) is 4.83. The third-order valence-electron chi connectivity index (χ3n) is 2.44. The van der Waals surface area contributed by atoms with Crippen molar-refractivity contribution >= 4 is 5.95 Å². The SMILES string of the molecule is CCn1ccnc1NCCn1cc(C)cn1. The minimum atomic E-state index is 0.831. The van der Waals surface area contributed by atoms with Crippen LogP contribution in [0.2, 0.25) is 0 Å². The van der Waals surface area contributed by atoms with E-state index in [1.165, 1.54) is 5.56 Å². The summed E-state index contributed by atoms with van der Waals surface area (Å²) in [5.41, 5.74) is 1.19. The number of hydrogen-bond acceptors (Lipinski definition) is 3. The standard InChI is InChI=1S/C11H17N5/c1-3-15-6-4-12-11(15)13-5-7-16-9-10(2)8-14-16/h4,6,8-9H,3,5,7H2,1-2H3,(H,12,13). The van der Waals surface area contributed by atoms with Crippen LogP contribution < -0.4 is 5.32 Å². The fourth-order valence-corrected chi connectivity index (χ4v) is 1.60. The molecule has 2 aromatic rings. The van der Waals surface area contributed by atoms with Crippen molar-refractivity contribution in [1.82, 2.24) is 19.3 Å². The minimum Gasteiger partial charge on any atom is -0.354 e. The van der Waals surface area contributed by atoms with E-state index in [-0.39, 0.29) is 0 Å². The average molecular weight is 219 g/mol. The number of rotatable bonds is 5. The summed E-state index contributed by atoms with van der Waals surface area (Å²) < 4.78 is 4.01. The summed E-state index contributed by atoms with van der Waals surface area (Å²) in [5.74, 6) is 0.923. The molecule has 5 heteroatoms. The first-order valence-electron chi connectivity index (χ1n) is 5.53. The van der Waals surface area contributed by atoms with Crippen LogP contribution in [0.4, 0.5) is 5.95 Å². The number of anilines is 1. The topological polar surface area (TPSA) is 47.7 Å². The van der Waals surface area contributed by atoms with Gasteiger partial charge in [-0.25, -0.2) is 4.98 Å². The lowest BCUT2D eigenvalue weighted by Crippen LogP contribution is -2.13. The Balaban J connectivity index is 1.84. The summed E-state index contributed by atoms with van der Waals surface area (Å²) in [5, 5.41) is 7.52. The Morgan fingerprint density at radius 1 is 1.44 bits per heavy atom. The van der Waals surface area contributed by atoms with Crippen LogP contribution >= 0.6 is 0 Å². The Morgan fingerprint density at radius 2 is 2.31 bits per heavy atom. The molecule has 2 aromatic heterocycles. The summed E-state index contributed by atoms with van der Waals surface area (Å²) in [4.78, 5) is 4.25. The molecule has 16 heavy (non-hydrogen) atoms. The lowest BCUT2D eigenvalue weighted by molar-refractivity contribution is 0.632. The Kier molecular flexibility index (Phi) is 3.24. The molecule has 0 amide bonds. The second-order valence-electron chi connectivity index (χ2n) is 3.74. The van der Waals surface area contributed by atoms with Crippen LogP contribution in [-0.4, -0.2) is 25.9 Å². The van der Waals surface area contributed by atoms with Crippen LogP contribution in [0.15, 0.2) is 24.8 Å². The molecule has 86 valence electrons. The normalized spacial score (nSPS) is 10.6. The van der Waals surface area contributed by atoms with E-state index >= 15 is 0 Å². The number of aromatic nitrogens is 4. The molecule has 5 nitrogen and oxygen atoms in total. The highest BCUT2D eigenvalue weighted by Crippen LogP contribution is 2.03. The maximum Gasteiger partial charge on any atom is 0.202 e. The fraction of sp³-hybridized carbons (Fsp3) is 0.455. The number of imidazole rings is 1. The van der Waals surface area contributed by atoms with Crippen LogP contribution in [0.25, 0.3) is 0 Å². The first kappa shape index (κ1) is 10.7. The van der Waals surface area contributed by atoms with E-state index in [9.17, 15) is 0 Å². The summed E-state index contributed by atoms with van der Waals surface area (Å²) in [6.07, 6.45) is 7.69. The van der Waals surface area contributed by atoms with Crippen molar-refractivity contribution in [2.45, 2.75) is 26.9 Å². The van der Waals surface area contributed by atoms with Crippen molar-refractivity contribution in [3.05, 3.63) is 30.4 Å². The van der Waals surface area contributed by atoms with Gasteiger partial charge >= 0.3 is 0 Å². The Morgan fingerprint density at radius 3 is 3.00 bits per heavy atom. The van der Waals surface area contributed by atoms with Gasteiger partial charge in [-0.15, -0.1) is 0 Å². The molecule has 0 unspecified atom stereocenters. The van der Waals surface area contributed by atoms with Crippen molar-refractivity contribution in [1.29, 1.82) is 0 Å². The van der Waals surface area contributed by atoms with Crippen LogP contribution in [0.3, 0.4) is 0 Å². The first-order valence-corrected chi connectivity index (χ1v) is 5.53. The third-order valence-corrected chi connectivity index (χ3v) is 2.44. The largest absolute Gasteiger partial charge is 0.354 e. The molecule has 0 aliphatic carbocycles. The van der Waals surface area contributed by atoms with Gasteiger partial charge in [-0.05, 0) is 19.4 Å². The van der Waals surface area contributed by atoms with E-state index in [2.05, 4.69) is 26.9 Å². The zero-order chi connectivity index (χ0) is 11.4. The smallest absolute Gasteiger partial charge is 0.202 e. The molecule has 0 spiro atoms. The van der Waals surface area contributed by atoms with Gasteiger partial charge in [-0.2, -0.15) is 5.10 Å². The van der Waals surface area contributed by atoms with E-state index < -0.39 is 0 Å². The average Bonchev–Trinajstić information content (AvgIpc) is 2.87. The van der Waals surface area contributed by atoms with Crippen LogP contribution in [0.5, 0.6) is 0 Å². The molecule has 1 N–H and O–H groups in total. The summed E-state index contributed by atoms with van der Waals surface area (Å²) in [6, 6.07) is 0. The molecular formula is C11H17N5. The molecule has 0 radical (unpaired) electrons. The number of nitrogens with one attached hydrogen (secondary N) is 1. The molecule has 0 aliphatic heterocycles. The van der Waals surface area contributed by atoms with Crippen molar-refractivity contribution in [3.63, 3.8) is 0 Å². The number of nitrogens with zero attached hydrogens (tertiary/aromatic N) is 4. The maximum absolute atomic E-state index is 4.25. The number of aryl methyl sites for hydroxylation is 2. The van der Waals surface area contributed by atoms with Crippen LogP contribution in [-0.2, 0) is 13.1 Å². The Bertz CT molecular complexity index is 443. The van der Waals surface area contributed by atoms with Gasteiger partial charge < -0.3 is 9.88 Å². The summed E-state index contributed by atoms with van der Waals surface area (Å²) in [7, 11) is 0. The van der Waals surface area contributed by atoms with Gasteiger partial charge in [0.1, 0.15) is 0 Å². The van der Waals surface area contributed by atoms with Crippen molar-refractivity contribution in [2.24, 2.45) is 0 Å². The molecule has 2 rings (SSSR count). The van der Waals surface area contributed by atoms with E-state index in [4.69, 9.17) is 0 Å². The quantitative estimate of drug-likeness (QED) is 0.829. The van der Waals surface area contributed by atoms with Gasteiger partial charge in [-0.3, -0.25) is 4.68 Å². The second-order valence-corrected chi connectivity index (χ2v) is 3.74. The van der Waals surface area contributed by atoms with E-state index in [1.54, 1.807) is 0 Å². The summed E-state index contributed by atoms with van der Waals surface area (Å²) in [6.45, 7) is 6.76. The third kappa shape index (κ3) is 2.42. The highest BCUT2D eigenvalue weighted by atomic mass is 15.3. The van der Waals surface area contributed by atoms with Crippen molar-refractivity contribution < 1.29 is 0 Å². The monoisotopic (exact) mass is 219 g/mol. The van der Waals surface area contributed by atoms with E-state index in [1.807, 2.05) is 36.4 Å². The van der Waals surface area contributed by atoms with Crippen molar-refractivity contribution in [3.8, 4) is 0 Å². The van der Waals surface area contributed by atoms with Gasteiger partial charge in [0, 0.05) is 31.7 Å². The fourth-order valence-electron chi connectivity index (χ4n) is 1.60. The van der Waals surface area contributed by atoms with Gasteiger partial charge in [0.05, 0.1) is 12.7 Å². The van der Waals surface area contributed by atoms with E-state index in [0.29, 0.717) is 0 Å². The Hall–Kier alpha value is -1.78. The zero-order valence-electron chi connectivity index (χ0n) is 9.72. The molecule has 0 aliphatic rings. The molecule has 0 saturated carbocycles. The molecule has 2 heterocycles. The van der Waals surface area contributed by atoms with Gasteiger partial charge in [0.15, 0.2) is 0 Å². The lowest BCUT2D eigenvalue weighted by atomic mass is 10.4. The maximum atomic E-state index is 4.25.